The van der Waals surface area contributed by atoms with Crippen molar-refractivity contribution in [3.8, 4) is 0 Å². The van der Waals surface area contributed by atoms with E-state index in [0.29, 0.717) is 25.7 Å². The second-order valence-electron chi connectivity index (χ2n) is 15.3. The lowest BCUT2D eigenvalue weighted by molar-refractivity contribution is -0.144. The molecule has 0 radical (unpaired) electrons. The number of halogens is 1. The third kappa shape index (κ3) is 10.5. The number of sulfone groups is 1. The molecule has 0 fully saturated rings. The number of carbonyl (C=O) groups excluding carboxylic acids is 2. The second kappa shape index (κ2) is 17.1. The maximum Gasteiger partial charge on any atom is 0.308 e. The van der Waals surface area contributed by atoms with E-state index in [-0.39, 0.29) is 46.2 Å². The molecule has 0 heterocycles. The number of carbonyl (C=O) groups is 2. The number of esters is 1. The first-order valence-electron chi connectivity index (χ1n) is 17.1. The monoisotopic (exact) mass is 770 g/mol. The Morgan fingerprint density at radius 1 is 0.837 bits per heavy atom. The quantitative estimate of drug-likeness (QED) is 0.0760. The maximum atomic E-state index is 13.6. The van der Waals surface area contributed by atoms with E-state index in [1.165, 1.54) is 7.11 Å². The fraction of sp³-hybridized carbons (Fsp3) is 0.500. The van der Waals surface area contributed by atoms with Crippen molar-refractivity contribution in [2.45, 2.75) is 84.6 Å². The first kappa shape index (κ1) is 40.8. The molecule has 49 heavy (non-hydrogen) atoms. The fourth-order valence-corrected chi connectivity index (χ4v) is 14.2. The summed E-state index contributed by atoms with van der Waals surface area (Å²) in [7, 11) is -4.91. The van der Waals surface area contributed by atoms with Crippen molar-refractivity contribution < 1.29 is 27.2 Å². The predicted molar refractivity (Wildman–Crippen MR) is 207 cm³/mol. The summed E-state index contributed by atoms with van der Waals surface area (Å²) in [4.78, 5) is 25.4. The van der Waals surface area contributed by atoms with E-state index in [1.54, 1.807) is 0 Å². The molecule has 0 N–H and O–H groups in total. The van der Waals surface area contributed by atoms with Gasteiger partial charge in [0.05, 0.1) is 35.3 Å². The van der Waals surface area contributed by atoms with Gasteiger partial charge in [-0.1, -0.05) is 149 Å². The van der Waals surface area contributed by atoms with Crippen molar-refractivity contribution in [1.82, 2.24) is 0 Å². The van der Waals surface area contributed by atoms with E-state index in [1.807, 2.05) is 88.4 Å². The number of hydrogen-bond acceptors (Lipinski definition) is 6. The van der Waals surface area contributed by atoms with Gasteiger partial charge in [0.2, 0.25) is 0 Å². The van der Waals surface area contributed by atoms with Crippen LogP contribution >= 0.6 is 15.9 Å². The molecule has 3 aromatic carbocycles. The summed E-state index contributed by atoms with van der Waals surface area (Å²) < 4.78 is 39.0. The lowest BCUT2D eigenvalue weighted by Gasteiger charge is -2.43. The minimum Gasteiger partial charge on any atom is -0.469 e. The third-order valence-corrected chi connectivity index (χ3v) is 17.3. The van der Waals surface area contributed by atoms with Crippen LogP contribution in [-0.4, -0.2) is 59.0 Å². The van der Waals surface area contributed by atoms with Crippen LogP contribution in [0.2, 0.25) is 5.04 Å². The van der Waals surface area contributed by atoms with Crippen molar-refractivity contribution in [2.75, 3.05) is 30.6 Å². The Morgan fingerprint density at radius 3 is 1.92 bits per heavy atom. The van der Waals surface area contributed by atoms with Crippen LogP contribution in [0.4, 0.5) is 0 Å². The molecule has 1 unspecified atom stereocenters. The minimum atomic E-state index is -3.45. The first-order valence-corrected chi connectivity index (χ1v) is 22.0. The lowest BCUT2D eigenvalue weighted by Crippen LogP contribution is -2.66. The van der Waals surface area contributed by atoms with Crippen LogP contribution in [0.1, 0.15) is 78.9 Å². The van der Waals surface area contributed by atoms with Gasteiger partial charge in [0.1, 0.15) is 0 Å². The highest BCUT2D eigenvalue weighted by Gasteiger charge is 2.50. The Bertz CT molecular complexity index is 1600. The molecule has 0 aromatic heterocycles. The van der Waals surface area contributed by atoms with Gasteiger partial charge < -0.3 is 9.16 Å². The van der Waals surface area contributed by atoms with Crippen LogP contribution in [0.5, 0.6) is 0 Å². The zero-order valence-corrected chi connectivity index (χ0v) is 34.0. The van der Waals surface area contributed by atoms with E-state index in [2.05, 4.69) is 61.0 Å². The smallest absolute Gasteiger partial charge is 0.308 e. The number of ether oxygens (including phenoxy) is 1. The Morgan fingerprint density at radius 2 is 1.41 bits per heavy atom. The maximum absolute atomic E-state index is 13.6. The molecule has 3 rings (SSSR count). The molecule has 0 saturated heterocycles. The van der Waals surface area contributed by atoms with Gasteiger partial charge >= 0.3 is 5.97 Å². The number of benzene rings is 3. The van der Waals surface area contributed by atoms with Crippen LogP contribution in [0, 0.1) is 11.3 Å². The van der Waals surface area contributed by atoms with Gasteiger partial charge in [0.15, 0.2) is 15.6 Å². The molecule has 0 bridgehead atoms. The molecule has 3 aromatic rings. The first-order chi connectivity index (χ1) is 22.9. The van der Waals surface area contributed by atoms with Crippen LogP contribution < -0.4 is 10.4 Å². The summed E-state index contributed by atoms with van der Waals surface area (Å²) in [5, 5.41) is 2.22. The zero-order valence-electron chi connectivity index (χ0n) is 30.6. The minimum absolute atomic E-state index is 0.0358. The largest absolute Gasteiger partial charge is 0.469 e. The molecule has 9 heteroatoms. The Kier molecular flexibility index (Phi) is 14.2. The predicted octanol–water partition coefficient (Wildman–Crippen LogP) is 7.45. The van der Waals surface area contributed by atoms with Crippen molar-refractivity contribution >= 4 is 56.2 Å². The summed E-state index contributed by atoms with van der Waals surface area (Å²) in [5.41, 5.74) is 0.618. The zero-order chi connectivity index (χ0) is 36.5. The molecule has 6 nitrogen and oxygen atoms in total. The summed E-state index contributed by atoms with van der Waals surface area (Å²) >= 11 is 3.39. The lowest BCUT2D eigenvalue weighted by atomic mass is 9.73. The highest BCUT2D eigenvalue weighted by Crippen LogP contribution is 2.38. The molecule has 0 saturated carbocycles. The van der Waals surface area contributed by atoms with Gasteiger partial charge in [-0.25, -0.2) is 8.42 Å². The third-order valence-electron chi connectivity index (χ3n) is 9.72. The van der Waals surface area contributed by atoms with Gasteiger partial charge in [0, 0.05) is 6.61 Å². The molecule has 0 aliphatic heterocycles. The van der Waals surface area contributed by atoms with Crippen molar-refractivity contribution in [1.29, 1.82) is 0 Å². The average Bonchev–Trinajstić information content (AvgIpc) is 3.05. The molecule has 0 aliphatic carbocycles. The highest BCUT2D eigenvalue weighted by atomic mass is 79.9. The van der Waals surface area contributed by atoms with E-state index in [9.17, 15) is 18.0 Å². The van der Waals surface area contributed by atoms with Crippen molar-refractivity contribution in [2.24, 2.45) is 11.3 Å². The van der Waals surface area contributed by atoms with Gasteiger partial charge in [-0.2, -0.15) is 0 Å². The molecule has 0 aliphatic rings. The number of hydrogen-bond donors (Lipinski definition) is 0. The standard InChI is InChI=1S/C40H55BrO6SSi/c1-31(37(43)46-8)27-32-17-15-18-33(28-32)40(7,36(42)29-41)24-16-23-39(5,6)30-48(44,45)26-25-47-49(38(2,3)4,34-19-11-9-12-20-34)35-21-13-10-14-22-35/h9-15,17-22,28,31H,16,23-27,29-30H2,1-8H3/t31-,40?/m1/s1. The normalized spacial score (nSPS) is 14.6. The summed E-state index contributed by atoms with van der Waals surface area (Å²) in [6, 6.07) is 28.4. The average molecular weight is 772 g/mol. The van der Waals surface area contributed by atoms with Gasteiger partial charge in [-0.3, -0.25) is 9.59 Å². The molecule has 268 valence electrons. The Hall–Kier alpha value is -2.59. The molecular formula is C40H55BrO6SSi. The number of rotatable bonds is 18. The SMILES string of the molecule is COC(=O)[C@H](C)Cc1cccc(C(C)(CCCC(C)(C)CS(=O)(=O)CCO[Si](c2ccccc2)(c2ccccc2)C(C)(C)C)C(=O)CBr)c1. The number of alkyl halides is 1. The van der Waals surface area contributed by atoms with Crippen molar-refractivity contribution in [3.05, 3.63) is 96.1 Å². The van der Waals surface area contributed by atoms with E-state index in [0.717, 1.165) is 21.5 Å². The molecular weight excluding hydrogens is 716 g/mol. The fourth-order valence-electron chi connectivity index (χ4n) is 7.02. The van der Waals surface area contributed by atoms with Gasteiger partial charge in [-0.15, -0.1) is 0 Å². The number of ketones is 1. The summed E-state index contributed by atoms with van der Waals surface area (Å²) in [6.45, 7) is 14.5. The Balaban J connectivity index is 1.72. The van der Waals surface area contributed by atoms with Crippen LogP contribution in [0.15, 0.2) is 84.9 Å². The Labute approximate surface area is 304 Å². The summed E-state index contributed by atoms with van der Waals surface area (Å²) in [6.07, 6.45) is 2.42. The van der Waals surface area contributed by atoms with Crippen LogP contribution in [-0.2, 0) is 40.4 Å². The van der Waals surface area contributed by atoms with Gasteiger partial charge in [0.25, 0.3) is 8.32 Å². The topological polar surface area (TPSA) is 86.7 Å². The van der Waals surface area contributed by atoms with Crippen LogP contribution in [0.3, 0.4) is 0 Å². The number of Topliss-reactive ketones (excluding diaryl/α,β-unsaturated/α-hetero) is 1. The van der Waals surface area contributed by atoms with E-state index in [4.69, 9.17) is 9.16 Å². The van der Waals surface area contributed by atoms with E-state index >= 15 is 0 Å². The van der Waals surface area contributed by atoms with Crippen molar-refractivity contribution in [3.63, 3.8) is 0 Å². The number of methoxy groups -OCH3 is 1. The highest BCUT2D eigenvalue weighted by molar-refractivity contribution is 9.09. The molecule has 2 atom stereocenters. The second-order valence-corrected chi connectivity index (χ2v) is 22.4. The molecule has 0 amide bonds. The van der Waals surface area contributed by atoms with E-state index < -0.39 is 29.0 Å². The van der Waals surface area contributed by atoms with Crippen LogP contribution in [0.25, 0.3) is 0 Å². The van der Waals surface area contributed by atoms with Gasteiger partial charge in [-0.05, 0) is 58.1 Å². The summed E-state index contributed by atoms with van der Waals surface area (Å²) in [5.74, 6) is -0.519. The molecule has 0 spiro atoms.